The van der Waals surface area contributed by atoms with Gasteiger partial charge in [0.15, 0.2) is 0 Å². The van der Waals surface area contributed by atoms with E-state index in [1.807, 2.05) is 0 Å². The van der Waals surface area contributed by atoms with Crippen LogP contribution < -0.4 is 5.32 Å². The van der Waals surface area contributed by atoms with Gasteiger partial charge in [0.1, 0.15) is 17.1 Å². The summed E-state index contributed by atoms with van der Waals surface area (Å²) in [5.41, 5.74) is 0.620. The summed E-state index contributed by atoms with van der Waals surface area (Å²) in [5, 5.41) is 23.1. The van der Waals surface area contributed by atoms with Crippen molar-refractivity contribution >= 4 is 41.8 Å². The number of nitrogens with one attached hydrogen (secondary N) is 1. The zero-order chi connectivity index (χ0) is 16.6. The third-order valence-electron chi connectivity index (χ3n) is 3.45. The van der Waals surface area contributed by atoms with Gasteiger partial charge in [-0.15, -0.1) is 16.9 Å². The standard InChI is InChI=1S/C11H12N6O4S2/c1-16-11(13-14-15-16)23-3-5-2-22-9-6(12-4-18)8(19)17(9)7(5)10(20)21/h4,6,9H,2-3H2,1H3,(H,12,18)(H,20,21)/t6?,9-/m1/s1. The number of aryl methyl sites for hydroxylation is 1. The Hall–Kier alpha value is -2.08. The maximum Gasteiger partial charge on any atom is 0.352 e. The fraction of sp³-hybridized carbons (Fsp3) is 0.455. The summed E-state index contributed by atoms with van der Waals surface area (Å²) in [7, 11) is 1.69. The van der Waals surface area contributed by atoms with E-state index in [0.717, 1.165) is 0 Å². The van der Waals surface area contributed by atoms with Gasteiger partial charge in [0, 0.05) is 18.6 Å². The lowest BCUT2D eigenvalue weighted by molar-refractivity contribution is -0.149. The van der Waals surface area contributed by atoms with Gasteiger partial charge in [-0.05, 0) is 16.0 Å². The number of aromatic nitrogens is 4. The number of aliphatic carboxylic acids is 1. The summed E-state index contributed by atoms with van der Waals surface area (Å²) in [5.74, 6) is -0.731. The number of rotatable bonds is 6. The third kappa shape index (κ3) is 2.67. The summed E-state index contributed by atoms with van der Waals surface area (Å²) < 4.78 is 1.49. The first-order valence-corrected chi connectivity index (χ1v) is 8.53. The first kappa shape index (κ1) is 15.8. The minimum atomic E-state index is -1.15. The fourth-order valence-electron chi connectivity index (χ4n) is 2.38. The lowest BCUT2D eigenvalue weighted by atomic mass is 10.0. The molecule has 2 amide bonds. The first-order valence-electron chi connectivity index (χ1n) is 6.49. The molecule has 1 unspecified atom stereocenters. The largest absolute Gasteiger partial charge is 0.477 e. The highest BCUT2D eigenvalue weighted by Gasteiger charge is 2.53. The van der Waals surface area contributed by atoms with Crippen molar-refractivity contribution in [1.29, 1.82) is 0 Å². The van der Waals surface area contributed by atoms with Crippen molar-refractivity contribution in [2.75, 3.05) is 11.5 Å². The summed E-state index contributed by atoms with van der Waals surface area (Å²) in [6.07, 6.45) is 0.455. The molecule has 2 aliphatic rings. The van der Waals surface area contributed by atoms with E-state index in [4.69, 9.17) is 0 Å². The maximum absolute atomic E-state index is 12.1. The number of carbonyl (C=O) groups is 3. The van der Waals surface area contributed by atoms with Gasteiger partial charge in [-0.3, -0.25) is 14.5 Å². The summed E-state index contributed by atoms with van der Waals surface area (Å²) in [6, 6.07) is -0.663. The molecule has 0 aliphatic carbocycles. The number of hydrogen-bond acceptors (Lipinski definition) is 8. The second-order valence-electron chi connectivity index (χ2n) is 4.80. The third-order valence-corrected chi connectivity index (χ3v) is 5.89. The zero-order valence-corrected chi connectivity index (χ0v) is 13.5. The van der Waals surface area contributed by atoms with Crippen LogP contribution in [0.4, 0.5) is 0 Å². The second kappa shape index (κ2) is 6.20. The number of fused-ring (bicyclic) bond motifs is 1. The molecule has 0 spiro atoms. The number of thioether (sulfide) groups is 2. The van der Waals surface area contributed by atoms with Gasteiger partial charge in [0.2, 0.25) is 11.6 Å². The van der Waals surface area contributed by atoms with E-state index in [9.17, 15) is 19.5 Å². The lowest BCUT2D eigenvalue weighted by Gasteiger charge is -2.49. The first-order chi connectivity index (χ1) is 11.0. The van der Waals surface area contributed by atoms with Crippen molar-refractivity contribution in [3.8, 4) is 0 Å². The number of carbonyl (C=O) groups excluding carboxylic acids is 2. The Morgan fingerprint density at radius 2 is 2.39 bits per heavy atom. The highest BCUT2D eigenvalue weighted by Crippen LogP contribution is 2.41. The van der Waals surface area contributed by atoms with Gasteiger partial charge in [0.05, 0.1) is 0 Å². The number of β-lactam (4-membered cyclic amide) rings is 1. The normalized spacial score (nSPS) is 23.3. The number of nitrogens with zero attached hydrogens (tertiary/aromatic N) is 5. The maximum atomic E-state index is 12.1. The summed E-state index contributed by atoms with van der Waals surface area (Å²) in [6.45, 7) is 0. The molecule has 1 saturated heterocycles. The smallest absolute Gasteiger partial charge is 0.352 e. The van der Waals surface area contributed by atoms with E-state index in [-0.39, 0.29) is 11.1 Å². The Balaban J connectivity index is 1.81. The molecular formula is C11H12N6O4S2. The monoisotopic (exact) mass is 356 g/mol. The fourth-order valence-corrected chi connectivity index (χ4v) is 4.73. The second-order valence-corrected chi connectivity index (χ2v) is 6.85. The van der Waals surface area contributed by atoms with E-state index in [0.29, 0.717) is 28.6 Å². The quantitative estimate of drug-likeness (QED) is 0.362. The molecule has 2 N–H and O–H groups in total. The summed E-state index contributed by atoms with van der Waals surface area (Å²) in [4.78, 5) is 35.4. The molecular weight excluding hydrogens is 344 g/mol. The van der Waals surface area contributed by atoms with Crippen LogP contribution in [0.1, 0.15) is 0 Å². The number of hydrogen-bond donors (Lipinski definition) is 2. The van der Waals surface area contributed by atoms with Crippen LogP contribution >= 0.6 is 23.5 Å². The van der Waals surface area contributed by atoms with Crippen molar-refractivity contribution in [3.05, 3.63) is 11.3 Å². The molecule has 3 rings (SSSR count). The van der Waals surface area contributed by atoms with E-state index >= 15 is 0 Å². The van der Waals surface area contributed by atoms with Gasteiger partial charge < -0.3 is 10.4 Å². The molecule has 1 fully saturated rings. The Morgan fingerprint density at radius 3 is 3.00 bits per heavy atom. The molecule has 0 bridgehead atoms. The number of amides is 2. The molecule has 0 saturated carbocycles. The Labute approximate surface area is 138 Å². The molecule has 0 aromatic carbocycles. The predicted molar refractivity (Wildman–Crippen MR) is 80.3 cm³/mol. The highest BCUT2D eigenvalue weighted by atomic mass is 32.2. The molecule has 3 heterocycles. The van der Waals surface area contributed by atoms with Crippen molar-refractivity contribution in [3.63, 3.8) is 0 Å². The van der Waals surface area contributed by atoms with Gasteiger partial charge in [-0.25, -0.2) is 9.48 Å². The number of carboxylic acids is 1. The number of tetrazole rings is 1. The SMILES string of the molecule is Cn1nnnc1SCC1=C(C(=O)O)N2C(=O)C(NC=O)[C@H]2SC1. The molecule has 2 atom stereocenters. The van der Waals surface area contributed by atoms with E-state index in [1.165, 1.54) is 33.1 Å². The molecule has 10 nitrogen and oxygen atoms in total. The zero-order valence-electron chi connectivity index (χ0n) is 11.9. The van der Waals surface area contributed by atoms with E-state index in [1.54, 1.807) is 7.05 Å². The topological polar surface area (TPSA) is 130 Å². The van der Waals surface area contributed by atoms with Gasteiger partial charge in [0.25, 0.3) is 5.91 Å². The Bertz CT molecular complexity index is 704. The number of carboxylic acid groups (broad SMARTS) is 1. The van der Waals surface area contributed by atoms with Crippen molar-refractivity contribution < 1.29 is 19.5 Å². The average Bonchev–Trinajstić information content (AvgIpc) is 2.94. The average molecular weight is 356 g/mol. The van der Waals surface area contributed by atoms with Gasteiger partial charge >= 0.3 is 5.97 Å². The van der Waals surface area contributed by atoms with Crippen molar-refractivity contribution in [2.24, 2.45) is 7.05 Å². The molecule has 12 heteroatoms. The highest BCUT2D eigenvalue weighted by molar-refractivity contribution is 8.01. The van der Waals surface area contributed by atoms with E-state index < -0.39 is 17.9 Å². The van der Waals surface area contributed by atoms with Crippen molar-refractivity contribution in [1.82, 2.24) is 30.4 Å². The van der Waals surface area contributed by atoms with Crippen LogP contribution in [0.15, 0.2) is 16.4 Å². The molecule has 1 aromatic rings. The van der Waals surface area contributed by atoms with Crippen LogP contribution in [-0.4, -0.2) is 71.4 Å². The van der Waals surface area contributed by atoms with Crippen molar-refractivity contribution in [2.45, 2.75) is 16.6 Å². The van der Waals surface area contributed by atoms with Gasteiger partial charge in [-0.1, -0.05) is 11.8 Å². The van der Waals surface area contributed by atoms with Crippen LogP contribution in [0.3, 0.4) is 0 Å². The molecule has 0 radical (unpaired) electrons. The van der Waals surface area contributed by atoms with Gasteiger partial charge in [-0.2, -0.15) is 0 Å². The minimum Gasteiger partial charge on any atom is -0.477 e. The molecule has 1 aromatic heterocycles. The lowest BCUT2D eigenvalue weighted by Crippen LogP contribution is -2.69. The van der Waals surface area contributed by atoms with Crippen LogP contribution in [-0.2, 0) is 21.4 Å². The van der Waals surface area contributed by atoms with Crippen LogP contribution in [0.2, 0.25) is 0 Å². The molecule has 2 aliphatic heterocycles. The molecule has 122 valence electrons. The Morgan fingerprint density at radius 1 is 1.61 bits per heavy atom. The summed E-state index contributed by atoms with van der Waals surface area (Å²) >= 11 is 2.73. The minimum absolute atomic E-state index is 0.00896. The van der Waals surface area contributed by atoms with Crippen LogP contribution in [0, 0.1) is 0 Å². The molecule has 23 heavy (non-hydrogen) atoms. The van der Waals surface area contributed by atoms with Crippen LogP contribution in [0.25, 0.3) is 0 Å². The van der Waals surface area contributed by atoms with Crippen LogP contribution in [0.5, 0.6) is 0 Å². The Kier molecular flexibility index (Phi) is 4.26. The predicted octanol–water partition coefficient (Wildman–Crippen LogP) is -1.33. The van der Waals surface area contributed by atoms with E-state index in [2.05, 4.69) is 20.8 Å².